The Labute approximate surface area is 197 Å². The molecule has 1 unspecified atom stereocenters. The Morgan fingerprint density at radius 2 is 1.85 bits per heavy atom. The maximum absolute atomic E-state index is 13.8. The first-order chi connectivity index (χ1) is 16.5. The van der Waals surface area contributed by atoms with E-state index in [1.807, 2.05) is 56.3 Å². The van der Waals surface area contributed by atoms with Gasteiger partial charge in [-0.05, 0) is 43.9 Å². The SMILES string of the molecule is COc1ccccc1Cn1cnc2c1c(=O)n(CC1CCCO1)c(=O)n2-c1c(C)cccc1C. The number of hydrogen-bond acceptors (Lipinski definition) is 5. The van der Waals surface area contributed by atoms with Gasteiger partial charge in [-0.2, -0.15) is 0 Å². The smallest absolute Gasteiger partial charge is 0.337 e. The molecule has 34 heavy (non-hydrogen) atoms. The number of aromatic nitrogens is 4. The van der Waals surface area contributed by atoms with Gasteiger partial charge in [0.25, 0.3) is 5.56 Å². The highest BCUT2D eigenvalue weighted by Crippen LogP contribution is 2.23. The second kappa shape index (κ2) is 8.95. The number of imidazole rings is 1. The van der Waals surface area contributed by atoms with E-state index in [2.05, 4.69) is 4.98 Å². The summed E-state index contributed by atoms with van der Waals surface area (Å²) in [4.78, 5) is 32.0. The van der Waals surface area contributed by atoms with Crippen molar-refractivity contribution in [1.29, 1.82) is 0 Å². The van der Waals surface area contributed by atoms with Gasteiger partial charge in [-0.25, -0.2) is 14.3 Å². The summed E-state index contributed by atoms with van der Waals surface area (Å²) in [6, 6.07) is 13.6. The highest BCUT2D eigenvalue weighted by atomic mass is 16.5. The highest BCUT2D eigenvalue weighted by molar-refractivity contribution is 5.73. The molecular weight excluding hydrogens is 432 g/mol. The van der Waals surface area contributed by atoms with Crippen molar-refractivity contribution in [3.63, 3.8) is 0 Å². The Balaban J connectivity index is 1.77. The zero-order valence-electron chi connectivity index (χ0n) is 19.7. The van der Waals surface area contributed by atoms with Crippen molar-refractivity contribution in [1.82, 2.24) is 18.7 Å². The Kier molecular flexibility index (Phi) is 5.83. The van der Waals surface area contributed by atoms with Gasteiger partial charge in [-0.1, -0.05) is 36.4 Å². The molecule has 8 nitrogen and oxygen atoms in total. The van der Waals surface area contributed by atoms with Crippen LogP contribution in [-0.4, -0.2) is 38.5 Å². The molecule has 176 valence electrons. The van der Waals surface area contributed by atoms with E-state index in [1.54, 1.807) is 22.6 Å². The van der Waals surface area contributed by atoms with Crippen molar-refractivity contribution in [3.8, 4) is 11.4 Å². The number of para-hydroxylation sites is 2. The third-order valence-electron chi connectivity index (χ3n) is 6.51. The molecule has 1 atom stereocenters. The maximum Gasteiger partial charge on any atom is 0.337 e. The minimum atomic E-state index is -0.395. The van der Waals surface area contributed by atoms with E-state index in [-0.39, 0.29) is 18.2 Å². The number of fused-ring (bicyclic) bond motifs is 1. The van der Waals surface area contributed by atoms with E-state index < -0.39 is 5.69 Å². The van der Waals surface area contributed by atoms with Gasteiger partial charge in [0.05, 0.1) is 38.3 Å². The predicted molar refractivity (Wildman–Crippen MR) is 130 cm³/mol. The van der Waals surface area contributed by atoms with Crippen LogP contribution in [0.5, 0.6) is 5.75 Å². The lowest BCUT2D eigenvalue weighted by atomic mass is 10.1. The summed E-state index contributed by atoms with van der Waals surface area (Å²) in [7, 11) is 1.62. The Hall–Kier alpha value is -3.65. The average Bonchev–Trinajstić information content (AvgIpc) is 3.49. The molecule has 0 aliphatic carbocycles. The van der Waals surface area contributed by atoms with Crippen LogP contribution in [0.15, 0.2) is 58.4 Å². The third kappa shape index (κ3) is 3.74. The molecule has 2 aromatic heterocycles. The fourth-order valence-corrected chi connectivity index (χ4v) is 4.83. The van der Waals surface area contributed by atoms with Gasteiger partial charge >= 0.3 is 5.69 Å². The maximum atomic E-state index is 13.8. The van der Waals surface area contributed by atoms with Crippen LogP contribution in [0.2, 0.25) is 0 Å². The fraction of sp³-hybridized carbons (Fsp3) is 0.346. The van der Waals surface area contributed by atoms with Crippen LogP contribution < -0.4 is 16.0 Å². The molecule has 0 N–H and O–H groups in total. The standard InChI is InChI=1S/C26H28N4O4/c1-17-8-6-9-18(2)22(17)30-24-23(25(31)29(26(30)32)15-20-11-7-13-34-20)28(16-27-24)14-19-10-4-5-12-21(19)33-3/h4-6,8-10,12,16,20H,7,11,13-15H2,1-3H3. The highest BCUT2D eigenvalue weighted by Gasteiger charge is 2.24. The van der Waals surface area contributed by atoms with Crippen molar-refractivity contribution >= 4 is 11.2 Å². The number of rotatable bonds is 6. The number of methoxy groups -OCH3 is 1. The Bertz CT molecular complexity index is 1450. The van der Waals surface area contributed by atoms with Gasteiger partial charge in [0.2, 0.25) is 0 Å². The van der Waals surface area contributed by atoms with Gasteiger partial charge in [0, 0.05) is 12.2 Å². The molecule has 3 heterocycles. The zero-order chi connectivity index (χ0) is 23.8. The van der Waals surface area contributed by atoms with E-state index in [0.717, 1.165) is 41.0 Å². The Morgan fingerprint density at radius 1 is 1.09 bits per heavy atom. The normalized spacial score (nSPS) is 15.8. The van der Waals surface area contributed by atoms with Crippen molar-refractivity contribution in [2.24, 2.45) is 0 Å². The van der Waals surface area contributed by atoms with Gasteiger partial charge in [-0.3, -0.25) is 9.36 Å². The molecule has 1 fully saturated rings. The summed E-state index contributed by atoms with van der Waals surface area (Å²) in [6.07, 6.45) is 3.23. The summed E-state index contributed by atoms with van der Waals surface area (Å²) in [5.41, 5.74) is 3.52. The van der Waals surface area contributed by atoms with E-state index in [4.69, 9.17) is 9.47 Å². The van der Waals surface area contributed by atoms with Crippen molar-refractivity contribution in [2.75, 3.05) is 13.7 Å². The van der Waals surface area contributed by atoms with Crippen LogP contribution >= 0.6 is 0 Å². The van der Waals surface area contributed by atoms with Crippen LogP contribution in [0.25, 0.3) is 16.9 Å². The average molecular weight is 461 g/mol. The summed E-state index contributed by atoms with van der Waals surface area (Å²) >= 11 is 0. The van der Waals surface area contributed by atoms with E-state index in [1.165, 1.54) is 4.57 Å². The molecule has 0 saturated carbocycles. The second-order valence-corrected chi connectivity index (χ2v) is 8.77. The molecule has 1 aliphatic rings. The lowest BCUT2D eigenvalue weighted by Gasteiger charge is -2.18. The fourth-order valence-electron chi connectivity index (χ4n) is 4.83. The molecule has 2 aromatic carbocycles. The largest absolute Gasteiger partial charge is 0.496 e. The molecular formula is C26H28N4O4. The summed E-state index contributed by atoms with van der Waals surface area (Å²) in [5.74, 6) is 0.729. The van der Waals surface area contributed by atoms with Crippen LogP contribution in [0, 0.1) is 13.8 Å². The van der Waals surface area contributed by atoms with Crippen molar-refractivity contribution in [3.05, 3.63) is 86.3 Å². The zero-order valence-corrected chi connectivity index (χ0v) is 19.7. The molecule has 1 aliphatic heterocycles. The number of ether oxygens (including phenoxy) is 2. The molecule has 0 spiro atoms. The first-order valence-electron chi connectivity index (χ1n) is 11.5. The number of aryl methyl sites for hydroxylation is 2. The predicted octanol–water partition coefficient (Wildman–Crippen LogP) is 3.20. The lowest BCUT2D eigenvalue weighted by molar-refractivity contribution is 0.0950. The second-order valence-electron chi connectivity index (χ2n) is 8.77. The van der Waals surface area contributed by atoms with Gasteiger partial charge in [0.15, 0.2) is 11.2 Å². The molecule has 0 amide bonds. The first kappa shape index (κ1) is 22.2. The molecule has 0 bridgehead atoms. The number of nitrogens with zero attached hydrogens (tertiary/aromatic N) is 4. The van der Waals surface area contributed by atoms with Crippen LogP contribution in [-0.2, 0) is 17.8 Å². The van der Waals surface area contributed by atoms with Crippen molar-refractivity contribution < 1.29 is 9.47 Å². The van der Waals surface area contributed by atoms with Gasteiger partial charge < -0.3 is 14.0 Å². The molecule has 0 radical (unpaired) electrons. The van der Waals surface area contributed by atoms with E-state index in [9.17, 15) is 9.59 Å². The monoisotopic (exact) mass is 460 g/mol. The number of hydrogen-bond donors (Lipinski definition) is 0. The lowest BCUT2D eigenvalue weighted by Crippen LogP contribution is -2.42. The van der Waals surface area contributed by atoms with E-state index >= 15 is 0 Å². The summed E-state index contributed by atoms with van der Waals surface area (Å²) < 4.78 is 16.0. The molecule has 1 saturated heterocycles. The Morgan fingerprint density at radius 3 is 2.56 bits per heavy atom. The van der Waals surface area contributed by atoms with Crippen LogP contribution in [0.4, 0.5) is 0 Å². The summed E-state index contributed by atoms with van der Waals surface area (Å²) in [6.45, 7) is 5.18. The minimum Gasteiger partial charge on any atom is -0.496 e. The quantitative estimate of drug-likeness (QED) is 0.442. The summed E-state index contributed by atoms with van der Waals surface area (Å²) in [5, 5.41) is 0. The first-order valence-corrected chi connectivity index (χ1v) is 11.5. The molecule has 5 rings (SSSR count). The van der Waals surface area contributed by atoms with Crippen molar-refractivity contribution in [2.45, 2.75) is 45.9 Å². The van der Waals surface area contributed by atoms with Gasteiger partial charge in [-0.15, -0.1) is 0 Å². The minimum absolute atomic E-state index is 0.153. The third-order valence-corrected chi connectivity index (χ3v) is 6.51. The van der Waals surface area contributed by atoms with Gasteiger partial charge in [0.1, 0.15) is 5.75 Å². The number of benzene rings is 2. The molecule has 8 heteroatoms. The molecule has 4 aromatic rings. The topological polar surface area (TPSA) is 80.3 Å². The van der Waals surface area contributed by atoms with E-state index in [0.29, 0.717) is 24.3 Å². The van der Waals surface area contributed by atoms with Crippen LogP contribution in [0.3, 0.4) is 0 Å². The van der Waals surface area contributed by atoms with Crippen LogP contribution in [0.1, 0.15) is 29.5 Å².